The number of aliphatic imine (C=N–C) groups is 1. The first-order chi connectivity index (χ1) is 17.1. The summed E-state index contributed by atoms with van der Waals surface area (Å²) in [4.78, 5) is 23.2. The van der Waals surface area contributed by atoms with Gasteiger partial charge in [0, 0.05) is 40.8 Å². The van der Waals surface area contributed by atoms with Crippen molar-refractivity contribution in [2.45, 2.75) is 51.7 Å². The number of ether oxygens (including phenoxy) is 2. The SMILES string of the molecule is COc1cc2c(c3c1OC(C)(C)C3)C(c1ccn(-c3ccc4ccccc4n3)c(=O)c1)=NC(C)(C)C2. The number of benzene rings is 2. The van der Waals surface area contributed by atoms with Gasteiger partial charge in [0.1, 0.15) is 11.4 Å². The van der Waals surface area contributed by atoms with Gasteiger partial charge in [-0.2, -0.15) is 0 Å². The van der Waals surface area contributed by atoms with Crippen molar-refractivity contribution in [3.63, 3.8) is 0 Å². The second-order valence-corrected chi connectivity index (χ2v) is 10.9. The van der Waals surface area contributed by atoms with Gasteiger partial charge in [-0.05, 0) is 70.0 Å². The van der Waals surface area contributed by atoms with E-state index in [4.69, 9.17) is 19.5 Å². The van der Waals surface area contributed by atoms with Gasteiger partial charge in [0.05, 0.1) is 23.9 Å². The van der Waals surface area contributed by atoms with E-state index in [1.807, 2.05) is 42.5 Å². The molecule has 2 aliphatic heterocycles. The van der Waals surface area contributed by atoms with Gasteiger partial charge in [0.2, 0.25) is 0 Å². The molecule has 0 fully saturated rings. The van der Waals surface area contributed by atoms with Crippen LogP contribution >= 0.6 is 0 Å². The molecule has 0 saturated carbocycles. The predicted molar refractivity (Wildman–Crippen MR) is 142 cm³/mol. The fourth-order valence-electron chi connectivity index (χ4n) is 5.43. The molecule has 0 spiro atoms. The molecule has 2 aromatic heterocycles. The molecule has 36 heavy (non-hydrogen) atoms. The van der Waals surface area contributed by atoms with E-state index in [0.29, 0.717) is 5.82 Å². The zero-order chi connectivity index (χ0) is 25.2. The molecule has 0 N–H and O–H groups in total. The molecule has 4 aromatic rings. The minimum absolute atomic E-state index is 0.148. The number of nitrogens with zero attached hydrogens (tertiary/aromatic N) is 3. The van der Waals surface area contributed by atoms with E-state index in [2.05, 4.69) is 33.8 Å². The lowest BCUT2D eigenvalue weighted by Crippen LogP contribution is -2.31. The van der Waals surface area contributed by atoms with Crippen LogP contribution in [0, 0.1) is 0 Å². The summed E-state index contributed by atoms with van der Waals surface area (Å²) in [6.07, 6.45) is 3.33. The van der Waals surface area contributed by atoms with Crippen LogP contribution in [-0.2, 0) is 12.8 Å². The first-order valence-electron chi connectivity index (χ1n) is 12.3. The fraction of sp³-hybridized carbons (Fsp3) is 0.300. The van der Waals surface area contributed by atoms with Gasteiger partial charge in [-0.15, -0.1) is 0 Å². The van der Waals surface area contributed by atoms with E-state index in [1.54, 1.807) is 23.9 Å². The molecule has 0 atom stereocenters. The molecule has 0 radical (unpaired) electrons. The van der Waals surface area contributed by atoms with Crippen molar-refractivity contribution < 1.29 is 9.47 Å². The van der Waals surface area contributed by atoms with Crippen molar-refractivity contribution in [3.8, 4) is 17.3 Å². The largest absolute Gasteiger partial charge is 0.493 e. The monoisotopic (exact) mass is 479 g/mol. The zero-order valence-electron chi connectivity index (χ0n) is 21.3. The van der Waals surface area contributed by atoms with Crippen molar-refractivity contribution in [2.75, 3.05) is 7.11 Å². The summed E-state index contributed by atoms with van der Waals surface area (Å²) in [6.45, 7) is 8.41. The minimum atomic E-state index is -0.339. The van der Waals surface area contributed by atoms with Gasteiger partial charge in [0.25, 0.3) is 5.56 Å². The van der Waals surface area contributed by atoms with Crippen LogP contribution in [0.3, 0.4) is 0 Å². The molecule has 6 rings (SSSR count). The molecule has 6 nitrogen and oxygen atoms in total. The molecule has 0 aliphatic carbocycles. The molecule has 2 aromatic carbocycles. The van der Waals surface area contributed by atoms with E-state index < -0.39 is 0 Å². The van der Waals surface area contributed by atoms with Gasteiger partial charge < -0.3 is 9.47 Å². The highest BCUT2D eigenvalue weighted by Crippen LogP contribution is 2.47. The maximum atomic E-state index is 13.4. The third kappa shape index (κ3) is 3.68. The second kappa shape index (κ2) is 7.79. The number of pyridine rings is 2. The highest BCUT2D eigenvalue weighted by Gasteiger charge is 2.39. The second-order valence-electron chi connectivity index (χ2n) is 10.9. The van der Waals surface area contributed by atoms with Gasteiger partial charge in [0.15, 0.2) is 11.5 Å². The summed E-state index contributed by atoms with van der Waals surface area (Å²) in [7, 11) is 1.68. The number of aromatic nitrogens is 2. The molecule has 182 valence electrons. The molecule has 0 unspecified atom stereocenters. The number of methoxy groups -OCH3 is 1. The number of para-hydroxylation sites is 1. The summed E-state index contributed by atoms with van der Waals surface area (Å²) in [5, 5.41) is 1.04. The number of fused-ring (bicyclic) bond motifs is 4. The first-order valence-corrected chi connectivity index (χ1v) is 12.3. The molecule has 4 heterocycles. The van der Waals surface area contributed by atoms with Crippen molar-refractivity contribution >= 4 is 16.6 Å². The van der Waals surface area contributed by atoms with Gasteiger partial charge >= 0.3 is 0 Å². The van der Waals surface area contributed by atoms with Crippen molar-refractivity contribution in [2.24, 2.45) is 4.99 Å². The fourth-order valence-corrected chi connectivity index (χ4v) is 5.43. The van der Waals surface area contributed by atoms with Crippen molar-refractivity contribution in [3.05, 3.63) is 93.4 Å². The Labute approximate surface area is 210 Å². The summed E-state index contributed by atoms with van der Waals surface area (Å²) in [5.74, 6) is 2.13. The zero-order valence-corrected chi connectivity index (χ0v) is 21.3. The van der Waals surface area contributed by atoms with Gasteiger partial charge in [-0.25, -0.2) is 4.98 Å². The minimum Gasteiger partial charge on any atom is -0.493 e. The Morgan fingerprint density at radius 2 is 1.81 bits per heavy atom. The van der Waals surface area contributed by atoms with Crippen LogP contribution in [-0.4, -0.2) is 33.5 Å². The van der Waals surface area contributed by atoms with E-state index in [0.717, 1.165) is 57.6 Å². The summed E-state index contributed by atoms with van der Waals surface area (Å²) < 4.78 is 13.6. The Bertz CT molecular complexity index is 1630. The average Bonchev–Trinajstić information content (AvgIpc) is 3.16. The topological polar surface area (TPSA) is 65.7 Å². The molecule has 0 bridgehead atoms. The van der Waals surface area contributed by atoms with E-state index in [9.17, 15) is 4.79 Å². The summed E-state index contributed by atoms with van der Waals surface area (Å²) in [6, 6.07) is 17.4. The van der Waals surface area contributed by atoms with Gasteiger partial charge in [-0.3, -0.25) is 14.4 Å². The van der Waals surface area contributed by atoms with Crippen LogP contribution in [0.15, 0.2) is 70.6 Å². The molecular formula is C30H29N3O3. The molecule has 2 aliphatic rings. The number of rotatable bonds is 3. The van der Waals surface area contributed by atoms with Crippen LogP contribution in [0.25, 0.3) is 16.7 Å². The third-order valence-electron chi connectivity index (χ3n) is 6.92. The normalized spacial score (nSPS) is 17.2. The number of hydrogen-bond donors (Lipinski definition) is 0. The Morgan fingerprint density at radius 1 is 1.00 bits per heavy atom. The maximum Gasteiger partial charge on any atom is 0.256 e. The number of hydrogen-bond acceptors (Lipinski definition) is 5. The predicted octanol–water partition coefficient (Wildman–Crippen LogP) is 5.28. The van der Waals surface area contributed by atoms with Crippen LogP contribution in [0.2, 0.25) is 0 Å². The Morgan fingerprint density at radius 3 is 2.58 bits per heavy atom. The van der Waals surface area contributed by atoms with E-state index >= 15 is 0 Å². The third-order valence-corrected chi connectivity index (χ3v) is 6.92. The lowest BCUT2D eigenvalue weighted by molar-refractivity contribution is 0.134. The molecule has 0 saturated heterocycles. The Kier molecular flexibility index (Phi) is 4.87. The smallest absolute Gasteiger partial charge is 0.256 e. The van der Waals surface area contributed by atoms with Crippen molar-refractivity contribution in [1.82, 2.24) is 9.55 Å². The average molecular weight is 480 g/mol. The van der Waals surface area contributed by atoms with E-state index in [-0.39, 0.29) is 16.7 Å². The van der Waals surface area contributed by atoms with Crippen LogP contribution in [0.5, 0.6) is 11.5 Å². The first kappa shape index (κ1) is 22.5. The molecule has 0 amide bonds. The molecule has 6 heteroatoms. The maximum absolute atomic E-state index is 13.4. The Hall–Kier alpha value is -3.93. The quantitative estimate of drug-likeness (QED) is 0.401. The van der Waals surface area contributed by atoms with E-state index in [1.165, 1.54) is 5.56 Å². The van der Waals surface area contributed by atoms with Crippen LogP contribution < -0.4 is 15.0 Å². The highest BCUT2D eigenvalue weighted by atomic mass is 16.5. The summed E-state index contributed by atoms with van der Waals surface area (Å²) >= 11 is 0. The lowest BCUT2D eigenvalue weighted by Gasteiger charge is -2.31. The lowest BCUT2D eigenvalue weighted by atomic mass is 9.81. The summed E-state index contributed by atoms with van der Waals surface area (Å²) in [5.41, 5.74) is 5.01. The van der Waals surface area contributed by atoms with Crippen LogP contribution in [0.1, 0.15) is 49.9 Å². The van der Waals surface area contributed by atoms with Crippen LogP contribution in [0.4, 0.5) is 0 Å². The molecular weight excluding hydrogens is 450 g/mol. The highest BCUT2D eigenvalue weighted by molar-refractivity contribution is 6.16. The van der Waals surface area contributed by atoms with Crippen molar-refractivity contribution in [1.29, 1.82) is 0 Å². The standard InChI is InChI=1S/C30H29N3O3/c1-29(2)16-20-14-23(35-5)28-21(17-30(3,4)36-28)26(20)27(32-29)19-12-13-33(25(34)15-19)24-11-10-18-8-6-7-9-22(18)31-24/h6-15H,16-17H2,1-5H3. The Balaban J connectivity index is 1.50. The van der Waals surface area contributed by atoms with Gasteiger partial charge in [-0.1, -0.05) is 18.2 Å².